The second-order valence-corrected chi connectivity index (χ2v) is 7.49. The van der Waals surface area contributed by atoms with Crippen molar-refractivity contribution in [3.63, 3.8) is 0 Å². The smallest absolute Gasteiger partial charge is 0.0345 e. The van der Waals surface area contributed by atoms with E-state index in [4.69, 9.17) is 0 Å². The predicted molar refractivity (Wildman–Crippen MR) is 107 cm³/mol. The zero-order valence-corrected chi connectivity index (χ0v) is 16.1. The molecule has 0 aromatic carbocycles. The van der Waals surface area contributed by atoms with Crippen molar-refractivity contribution in [1.29, 1.82) is 0 Å². The lowest BCUT2D eigenvalue weighted by Gasteiger charge is -2.34. The van der Waals surface area contributed by atoms with E-state index >= 15 is 0 Å². The molecule has 1 fully saturated rings. The van der Waals surface area contributed by atoms with Gasteiger partial charge >= 0.3 is 0 Å². The van der Waals surface area contributed by atoms with Crippen LogP contribution in [0.3, 0.4) is 0 Å². The van der Waals surface area contributed by atoms with Crippen LogP contribution in [0.15, 0.2) is 47.7 Å². The van der Waals surface area contributed by atoms with Crippen LogP contribution < -0.4 is 5.32 Å². The molecule has 2 rings (SSSR count). The summed E-state index contributed by atoms with van der Waals surface area (Å²) in [6.07, 6.45) is 20.6. The molecular weight excluding hydrogens is 290 g/mol. The molecule has 0 bridgehead atoms. The number of hydrogen-bond acceptors (Lipinski definition) is 1. The second kappa shape index (κ2) is 9.91. The zero-order valence-electron chi connectivity index (χ0n) is 16.1. The molecule has 1 nitrogen and oxygen atoms in total. The van der Waals surface area contributed by atoms with Crippen LogP contribution in [0, 0.1) is 11.8 Å². The van der Waals surface area contributed by atoms with E-state index in [2.05, 4.69) is 57.0 Å². The van der Waals surface area contributed by atoms with Crippen LogP contribution in [0.5, 0.6) is 0 Å². The molecule has 0 unspecified atom stereocenters. The predicted octanol–water partition coefficient (Wildman–Crippen LogP) is 6.70. The van der Waals surface area contributed by atoms with E-state index in [-0.39, 0.29) is 0 Å². The van der Waals surface area contributed by atoms with Gasteiger partial charge in [-0.05, 0) is 67.9 Å². The van der Waals surface area contributed by atoms with Crippen LogP contribution >= 0.6 is 0 Å². The molecular formula is C23H37N. The van der Waals surface area contributed by atoms with Crippen LogP contribution in [0.4, 0.5) is 0 Å². The van der Waals surface area contributed by atoms with Crippen LogP contribution in [0.25, 0.3) is 0 Å². The summed E-state index contributed by atoms with van der Waals surface area (Å²) in [4.78, 5) is 0. The zero-order chi connectivity index (χ0) is 17.4. The van der Waals surface area contributed by atoms with Gasteiger partial charge in [-0.3, -0.25) is 0 Å². The molecule has 0 heterocycles. The summed E-state index contributed by atoms with van der Waals surface area (Å²) in [5.41, 5.74) is 3.85. The molecule has 0 atom stereocenters. The Bertz CT molecular complexity index is 482. The minimum Gasteiger partial charge on any atom is -0.382 e. The van der Waals surface area contributed by atoms with Crippen molar-refractivity contribution in [1.82, 2.24) is 5.32 Å². The molecule has 2 aliphatic carbocycles. The summed E-state index contributed by atoms with van der Waals surface area (Å²) >= 11 is 0. The summed E-state index contributed by atoms with van der Waals surface area (Å²) in [6, 6.07) is 0.608. The molecule has 0 spiro atoms. The Hall–Kier alpha value is -1.24. The van der Waals surface area contributed by atoms with Gasteiger partial charge in [0, 0.05) is 11.7 Å². The van der Waals surface area contributed by atoms with E-state index in [1.54, 1.807) is 0 Å². The lowest BCUT2D eigenvalue weighted by Crippen LogP contribution is -2.34. The quantitative estimate of drug-likeness (QED) is 0.548. The summed E-state index contributed by atoms with van der Waals surface area (Å²) < 4.78 is 0. The molecule has 1 saturated carbocycles. The molecule has 0 radical (unpaired) electrons. The summed E-state index contributed by atoms with van der Waals surface area (Å²) in [5, 5.41) is 3.76. The summed E-state index contributed by atoms with van der Waals surface area (Å²) in [6.45, 7) is 11.3. The molecule has 0 aromatic heterocycles. The van der Waals surface area contributed by atoms with Gasteiger partial charge in [-0.1, -0.05) is 64.5 Å². The molecule has 0 amide bonds. The molecule has 2 aliphatic rings. The van der Waals surface area contributed by atoms with Crippen LogP contribution in [0.1, 0.15) is 78.6 Å². The van der Waals surface area contributed by atoms with Crippen LogP contribution in [0.2, 0.25) is 0 Å². The van der Waals surface area contributed by atoms with E-state index in [0.717, 1.165) is 36.8 Å². The minimum absolute atomic E-state index is 0.608. The fourth-order valence-electron chi connectivity index (χ4n) is 4.43. The van der Waals surface area contributed by atoms with Gasteiger partial charge in [-0.2, -0.15) is 0 Å². The highest BCUT2D eigenvalue weighted by molar-refractivity contribution is 5.46. The first kappa shape index (κ1) is 19.1. The van der Waals surface area contributed by atoms with E-state index in [0.29, 0.717) is 6.04 Å². The van der Waals surface area contributed by atoms with Gasteiger partial charge in [0.2, 0.25) is 0 Å². The monoisotopic (exact) mass is 327 g/mol. The third-order valence-electron chi connectivity index (χ3n) is 6.02. The first-order valence-electron chi connectivity index (χ1n) is 10.2. The number of hydrogen-bond donors (Lipinski definition) is 1. The first-order chi connectivity index (χ1) is 11.7. The standard InChI is InChI=1S/C23H37N/c1-5-19(6-2)21-14-16-22(17-15-21)24-18(4)23-13-11-9-8-10-12-20(23)7-3/h10-13,19,21-22,24H,4-9,14-17H2,1-3H3/b12-10-,13-11?,23-20?. The van der Waals surface area contributed by atoms with Crippen molar-refractivity contribution >= 4 is 0 Å². The van der Waals surface area contributed by atoms with E-state index in [1.165, 1.54) is 49.7 Å². The highest BCUT2D eigenvalue weighted by atomic mass is 14.9. The molecule has 1 N–H and O–H groups in total. The average Bonchev–Trinajstić information content (AvgIpc) is 2.57. The van der Waals surface area contributed by atoms with E-state index in [9.17, 15) is 0 Å². The molecule has 1 heteroatoms. The Morgan fingerprint density at radius 2 is 1.67 bits per heavy atom. The number of rotatable bonds is 7. The highest BCUT2D eigenvalue weighted by Crippen LogP contribution is 2.34. The van der Waals surface area contributed by atoms with Crippen molar-refractivity contribution in [3.8, 4) is 0 Å². The van der Waals surface area contributed by atoms with E-state index in [1.807, 2.05) is 0 Å². The number of allylic oxidation sites excluding steroid dienone is 5. The molecule has 0 aromatic rings. The van der Waals surface area contributed by atoms with Crippen molar-refractivity contribution in [2.75, 3.05) is 0 Å². The topological polar surface area (TPSA) is 12.0 Å². The fraction of sp³-hybridized carbons (Fsp3) is 0.652. The maximum absolute atomic E-state index is 4.38. The third-order valence-corrected chi connectivity index (χ3v) is 6.02. The maximum atomic E-state index is 4.38. The SMILES string of the molecule is C=C(NC1CCC(C(CC)CC)CC1)C1=C(CC)/C=C\CCC=C1. The van der Waals surface area contributed by atoms with Gasteiger partial charge in [-0.15, -0.1) is 0 Å². The molecule has 0 aliphatic heterocycles. The molecule has 24 heavy (non-hydrogen) atoms. The number of nitrogens with one attached hydrogen (secondary N) is 1. The fourth-order valence-corrected chi connectivity index (χ4v) is 4.43. The normalized spacial score (nSPS) is 26.2. The average molecular weight is 328 g/mol. The van der Waals surface area contributed by atoms with E-state index < -0.39 is 0 Å². The van der Waals surface area contributed by atoms with Crippen molar-refractivity contribution in [2.24, 2.45) is 11.8 Å². The van der Waals surface area contributed by atoms with Gasteiger partial charge in [0.05, 0.1) is 0 Å². The largest absolute Gasteiger partial charge is 0.382 e. The van der Waals surface area contributed by atoms with Gasteiger partial charge in [0.25, 0.3) is 0 Å². The Morgan fingerprint density at radius 3 is 2.25 bits per heavy atom. The minimum atomic E-state index is 0.608. The Balaban J connectivity index is 1.95. The summed E-state index contributed by atoms with van der Waals surface area (Å²) in [5.74, 6) is 1.88. The van der Waals surface area contributed by atoms with Gasteiger partial charge in [0.1, 0.15) is 0 Å². The lowest BCUT2D eigenvalue weighted by atomic mass is 9.76. The van der Waals surface area contributed by atoms with Crippen LogP contribution in [-0.4, -0.2) is 6.04 Å². The first-order valence-corrected chi connectivity index (χ1v) is 10.2. The highest BCUT2D eigenvalue weighted by Gasteiger charge is 2.26. The Morgan fingerprint density at radius 1 is 1.04 bits per heavy atom. The van der Waals surface area contributed by atoms with Crippen LogP contribution in [-0.2, 0) is 0 Å². The van der Waals surface area contributed by atoms with Gasteiger partial charge < -0.3 is 5.32 Å². The second-order valence-electron chi connectivity index (χ2n) is 7.49. The Kier molecular flexibility index (Phi) is 7.88. The lowest BCUT2D eigenvalue weighted by molar-refractivity contribution is 0.212. The molecule has 134 valence electrons. The van der Waals surface area contributed by atoms with Crippen molar-refractivity contribution in [2.45, 2.75) is 84.6 Å². The summed E-state index contributed by atoms with van der Waals surface area (Å²) in [7, 11) is 0. The Labute approximate surface area is 150 Å². The van der Waals surface area contributed by atoms with Gasteiger partial charge in [-0.25, -0.2) is 0 Å². The van der Waals surface area contributed by atoms with Crippen molar-refractivity contribution < 1.29 is 0 Å². The third kappa shape index (κ3) is 5.13. The maximum Gasteiger partial charge on any atom is 0.0345 e. The van der Waals surface area contributed by atoms with Crippen molar-refractivity contribution in [3.05, 3.63) is 47.7 Å². The molecule has 0 saturated heterocycles. The van der Waals surface area contributed by atoms with Gasteiger partial charge in [0.15, 0.2) is 0 Å².